The van der Waals surface area contributed by atoms with Crippen LogP contribution in [0.1, 0.15) is 43.7 Å². The van der Waals surface area contributed by atoms with E-state index in [1.54, 1.807) is 18.2 Å². The molecule has 2 rings (SSSR count). The Bertz CT molecular complexity index is 859. The molecule has 0 aromatic heterocycles. The SMILES string of the molecule is C=CC(=O)OCCCCCc1ccc(-c2cccc(OCCC(F)(F)F)c2)cc1CC. The first-order valence-electron chi connectivity index (χ1n) is 10.5. The van der Waals surface area contributed by atoms with Crippen LogP contribution in [0.3, 0.4) is 0 Å². The van der Waals surface area contributed by atoms with Crippen LogP contribution in [0.2, 0.25) is 0 Å². The van der Waals surface area contributed by atoms with Crippen molar-refractivity contribution in [3.63, 3.8) is 0 Å². The van der Waals surface area contributed by atoms with E-state index in [1.165, 1.54) is 17.2 Å². The Labute approximate surface area is 181 Å². The molecule has 31 heavy (non-hydrogen) atoms. The summed E-state index contributed by atoms with van der Waals surface area (Å²) in [6.07, 6.45) is 0.594. The van der Waals surface area contributed by atoms with Gasteiger partial charge in [0.2, 0.25) is 0 Å². The number of esters is 1. The third kappa shape index (κ3) is 8.87. The number of unbranched alkanes of at least 4 members (excludes halogenated alkanes) is 2. The molecule has 0 saturated heterocycles. The normalized spacial score (nSPS) is 11.2. The van der Waals surface area contributed by atoms with Crippen LogP contribution in [0.25, 0.3) is 11.1 Å². The van der Waals surface area contributed by atoms with Crippen LogP contribution in [0, 0.1) is 0 Å². The van der Waals surface area contributed by atoms with Crippen LogP contribution >= 0.6 is 0 Å². The van der Waals surface area contributed by atoms with Gasteiger partial charge in [-0.15, -0.1) is 0 Å². The van der Waals surface area contributed by atoms with Crippen molar-refractivity contribution < 1.29 is 27.4 Å². The second kappa shape index (κ2) is 12.2. The number of hydrogen-bond acceptors (Lipinski definition) is 3. The highest BCUT2D eigenvalue weighted by Crippen LogP contribution is 2.28. The highest BCUT2D eigenvalue weighted by atomic mass is 19.4. The minimum atomic E-state index is -4.22. The molecule has 0 saturated carbocycles. The molecule has 6 heteroatoms. The van der Waals surface area contributed by atoms with E-state index in [-0.39, 0.29) is 6.61 Å². The van der Waals surface area contributed by atoms with Crippen LogP contribution in [0.4, 0.5) is 13.2 Å². The van der Waals surface area contributed by atoms with Gasteiger partial charge >= 0.3 is 12.1 Å². The van der Waals surface area contributed by atoms with Crippen LogP contribution in [-0.2, 0) is 22.4 Å². The number of ether oxygens (including phenoxy) is 2. The maximum atomic E-state index is 12.3. The monoisotopic (exact) mass is 434 g/mol. The van der Waals surface area contributed by atoms with Gasteiger partial charge in [0.1, 0.15) is 5.75 Å². The zero-order chi connectivity index (χ0) is 22.7. The summed E-state index contributed by atoms with van der Waals surface area (Å²) in [4.78, 5) is 11.0. The number of benzene rings is 2. The van der Waals surface area contributed by atoms with Gasteiger partial charge in [0.05, 0.1) is 19.6 Å². The first-order valence-corrected chi connectivity index (χ1v) is 10.5. The first kappa shape index (κ1) is 24.5. The number of aryl methyl sites for hydroxylation is 2. The molecule has 0 fully saturated rings. The van der Waals surface area contributed by atoms with Gasteiger partial charge < -0.3 is 9.47 Å². The summed E-state index contributed by atoms with van der Waals surface area (Å²) in [5, 5.41) is 0. The smallest absolute Gasteiger partial charge is 0.392 e. The fraction of sp³-hybridized carbons (Fsp3) is 0.400. The van der Waals surface area contributed by atoms with Crippen molar-refractivity contribution in [3.8, 4) is 16.9 Å². The maximum Gasteiger partial charge on any atom is 0.392 e. The van der Waals surface area contributed by atoms with E-state index in [0.717, 1.165) is 43.2 Å². The van der Waals surface area contributed by atoms with Crippen molar-refractivity contribution in [2.45, 2.75) is 51.6 Å². The van der Waals surface area contributed by atoms with E-state index >= 15 is 0 Å². The molecule has 2 aromatic carbocycles. The molecule has 3 nitrogen and oxygen atoms in total. The Kier molecular flexibility index (Phi) is 9.63. The number of halogens is 3. The molecule has 0 aliphatic carbocycles. The lowest BCUT2D eigenvalue weighted by atomic mass is 9.94. The third-order valence-electron chi connectivity index (χ3n) is 4.91. The predicted molar refractivity (Wildman–Crippen MR) is 116 cm³/mol. The average Bonchev–Trinajstić information content (AvgIpc) is 2.75. The van der Waals surface area contributed by atoms with Crippen molar-refractivity contribution in [2.24, 2.45) is 0 Å². The van der Waals surface area contributed by atoms with Crippen molar-refractivity contribution in [1.29, 1.82) is 0 Å². The quantitative estimate of drug-likeness (QED) is 0.212. The van der Waals surface area contributed by atoms with Gasteiger partial charge in [-0.3, -0.25) is 0 Å². The van der Waals surface area contributed by atoms with Gasteiger partial charge in [-0.1, -0.05) is 43.8 Å². The predicted octanol–water partition coefficient (Wildman–Crippen LogP) is 6.69. The lowest BCUT2D eigenvalue weighted by Crippen LogP contribution is -2.12. The Morgan fingerprint density at radius 2 is 1.77 bits per heavy atom. The van der Waals surface area contributed by atoms with Crippen molar-refractivity contribution in [2.75, 3.05) is 13.2 Å². The van der Waals surface area contributed by atoms with E-state index in [2.05, 4.69) is 25.6 Å². The molecule has 0 spiro atoms. The molecule has 0 N–H and O–H groups in total. The van der Waals surface area contributed by atoms with Crippen LogP contribution in [0.15, 0.2) is 55.1 Å². The molecule has 0 aliphatic rings. The van der Waals surface area contributed by atoms with Crippen LogP contribution < -0.4 is 4.74 Å². The highest BCUT2D eigenvalue weighted by Gasteiger charge is 2.26. The molecule has 0 unspecified atom stereocenters. The summed E-state index contributed by atoms with van der Waals surface area (Å²) in [5.74, 6) is 0.0414. The Hall–Kier alpha value is -2.76. The summed E-state index contributed by atoms with van der Waals surface area (Å²) >= 11 is 0. The first-order chi connectivity index (χ1) is 14.8. The Balaban J connectivity index is 1.94. The number of carbonyl (C=O) groups is 1. The number of rotatable bonds is 12. The summed E-state index contributed by atoms with van der Waals surface area (Å²) in [6.45, 7) is 5.49. The van der Waals surface area contributed by atoms with Gasteiger partial charge in [-0.05, 0) is 66.5 Å². The average molecular weight is 434 g/mol. The Morgan fingerprint density at radius 3 is 2.48 bits per heavy atom. The fourth-order valence-electron chi connectivity index (χ4n) is 3.25. The number of alkyl halides is 3. The van der Waals surface area contributed by atoms with Crippen LogP contribution in [0.5, 0.6) is 5.75 Å². The largest absolute Gasteiger partial charge is 0.493 e. The molecule has 168 valence electrons. The molecule has 0 atom stereocenters. The zero-order valence-corrected chi connectivity index (χ0v) is 17.8. The number of hydrogen-bond donors (Lipinski definition) is 0. The second-order valence-electron chi connectivity index (χ2n) is 7.26. The van der Waals surface area contributed by atoms with Crippen molar-refractivity contribution in [3.05, 3.63) is 66.2 Å². The van der Waals surface area contributed by atoms with Gasteiger partial charge in [0.25, 0.3) is 0 Å². The minimum Gasteiger partial charge on any atom is -0.493 e. The minimum absolute atomic E-state index is 0.390. The standard InChI is InChI=1S/C25H29F3O3/c1-3-19-17-22(13-12-20(19)9-6-5-7-15-31-24(29)4-2)21-10-8-11-23(18-21)30-16-14-25(26,27)28/h4,8,10-13,17-18H,2-3,5-7,9,14-16H2,1H3. The molecule has 0 bridgehead atoms. The van der Waals surface area contributed by atoms with E-state index in [4.69, 9.17) is 9.47 Å². The fourth-order valence-corrected chi connectivity index (χ4v) is 3.25. The lowest BCUT2D eigenvalue weighted by molar-refractivity contribution is -0.140. The molecular weight excluding hydrogens is 405 g/mol. The zero-order valence-electron chi connectivity index (χ0n) is 17.8. The molecule has 0 amide bonds. The molecule has 0 radical (unpaired) electrons. The van der Waals surface area contributed by atoms with Crippen molar-refractivity contribution in [1.82, 2.24) is 0 Å². The van der Waals surface area contributed by atoms with Gasteiger partial charge in [-0.2, -0.15) is 13.2 Å². The third-order valence-corrected chi connectivity index (χ3v) is 4.91. The summed E-state index contributed by atoms with van der Waals surface area (Å²) in [6, 6.07) is 13.4. The van der Waals surface area contributed by atoms with E-state index in [1.807, 2.05) is 12.1 Å². The van der Waals surface area contributed by atoms with E-state index in [0.29, 0.717) is 12.4 Å². The number of carbonyl (C=O) groups excluding carboxylic acids is 1. The highest BCUT2D eigenvalue weighted by molar-refractivity contribution is 5.81. The van der Waals surface area contributed by atoms with E-state index in [9.17, 15) is 18.0 Å². The molecular formula is C25H29F3O3. The van der Waals surface area contributed by atoms with Crippen LogP contribution in [-0.4, -0.2) is 25.4 Å². The van der Waals surface area contributed by atoms with Crippen molar-refractivity contribution >= 4 is 5.97 Å². The van der Waals surface area contributed by atoms with Gasteiger partial charge in [0.15, 0.2) is 0 Å². The Morgan fingerprint density at radius 1 is 1.00 bits per heavy atom. The van der Waals surface area contributed by atoms with Gasteiger partial charge in [0, 0.05) is 6.08 Å². The topological polar surface area (TPSA) is 35.5 Å². The van der Waals surface area contributed by atoms with Gasteiger partial charge in [-0.25, -0.2) is 4.79 Å². The summed E-state index contributed by atoms with van der Waals surface area (Å²) in [7, 11) is 0. The molecule has 0 heterocycles. The molecule has 2 aromatic rings. The summed E-state index contributed by atoms with van der Waals surface area (Å²) < 4.78 is 47.2. The second-order valence-corrected chi connectivity index (χ2v) is 7.26. The summed E-state index contributed by atoms with van der Waals surface area (Å²) in [5.41, 5.74) is 4.46. The molecule has 0 aliphatic heterocycles. The maximum absolute atomic E-state index is 12.3. The lowest BCUT2D eigenvalue weighted by Gasteiger charge is -2.13. The van der Waals surface area contributed by atoms with E-state index < -0.39 is 18.6 Å².